The van der Waals surface area contributed by atoms with Crippen molar-refractivity contribution < 1.29 is 8.78 Å². The summed E-state index contributed by atoms with van der Waals surface area (Å²) in [5, 5.41) is 9.55. The molecule has 10 heteroatoms. The monoisotopic (exact) mass is 441 g/mol. The lowest BCUT2D eigenvalue weighted by Crippen LogP contribution is -2.43. The molecule has 1 saturated heterocycles. The number of aromatic amines is 1. The summed E-state index contributed by atoms with van der Waals surface area (Å²) in [5.41, 5.74) is 8.38. The van der Waals surface area contributed by atoms with Crippen LogP contribution >= 0.6 is 0 Å². The standard InChI is InChI=1S/C22H25F2N7O/c1-14-10-17(15-2-4-18(5-3-15)30-8-6-26-7-9-30)13-27-21(14)31-19(28-29-22(31)32)11-16(12-25)20(23)24/h2-5,10,13,26H,6-9,11-12,25H2,1H3,(H,29,32). The van der Waals surface area contributed by atoms with Gasteiger partial charge in [-0.25, -0.2) is 19.4 Å². The highest BCUT2D eigenvalue weighted by molar-refractivity contribution is 5.67. The van der Waals surface area contributed by atoms with Crippen LogP contribution in [0.15, 0.2) is 53.0 Å². The highest BCUT2D eigenvalue weighted by atomic mass is 19.3. The van der Waals surface area contributed by atoms with Gasteiger partial charge in [0.1, 0.15) is 11.6 Å². The lowest BCUT2D eigenvalue weighted by Gasteiger charge is -2.29. The maximum absolute atomic E-state index is 13.0. The first kappa shape index (κ1) is 21.8. The second-order valence-corrected chi connectivity index (χ2v) is 7.67. The molecule has 1 fully saturated rings. The lowest BCUT2D eigenvalue weighted by atomic mass is 10.0. The minimum absolute atomic E-state index is 0.131. The van der Waals surface area contributed by atoms with E-state index in [1.165, 1.54) is 10.3 Å². The SMILES string of the molecule is Cc1cc(-c2ccc(N3CCNCC3)cc2)cnc1-n1c(CC(CN)=C(F)F)n[nH]c1=O. The summed E-state index contributed by atoms with van der Waals surface area (Å²) in [4.78, 5) is 19.1. The molecule has 2 aromatic heterocycles. The molecule has 32 heavy (non-hydrogen) atoms. The number of anilines is 1. The molecule has 4 rings (SSSR count). The first-order valence-corrected chi connectivity index (χ1v) is 10.4. The maximum Gasteiger partial charge on any atom is 0.349 e. The predicted molar refractivity (Wildman–Crippen MR) is 119 cm³/mol. The number of nitrogens with two attached hydrogens (primary N) is 1. The van der Waals surface area contributed by atoms with Gasteiger partial charge in [-0.2, -0.15) is 13.9 Å². The Hall–Kier alpha value is -3.37. The Morgan fingerprint density at radius 1 is 1.16 bits per heavy atom. The van der Waals surface area contributed by atoms with E-state index in [0.29, 0.717) is 5.82 Å². The molecule has 1 aliphatic heterocycles. The Morgan fingerprint density at radius 2 is 1.88 bits per heavy atom. The van der Waals surface area contributed by atoms with Crippen LogP contribution in [0.4, 0.5) is 14.5 Å². The molecular formula is C22H25F2N7O. The van der Waals surface area contributed by atoms with Gasteiger partial charge in [0.2, 0.25) is 0 Å². The van der Waals surface area contributed by atoms with Crippen LogP contribution in [0.25, 0.3) is 16.9 Å². The normalized spacial score (nSPS) is 13.9. The van der Waals surface area contributed by atoms with Crippen LogP contribution in [0.2, 0.25) is 0 Å². The Bertz CT molecular complexity index is 1170. The number of piperazine rings is 1. The number of rotatable bonds is 6. The van der Waals surface area contributed by atoms with Crippen LogP contribution in [0.5, 0.6) is 0 Å². The smallest absolute Gasteiger partial charge is 0.349 e. The number of nitrogens with zero attached hydrogens (tertiary/aromatic N) is 4. The van der Waals surface area contributed by atoms with Gasteiger partial charge in [-0.05, 0) is 36.2 Å². The number of halogens is 2. The molecule has 1 aromatic carbocycles. The van der Waals surface area contributed by atoms with Crippen LogP contribution in [0.3, 0.4) is 0 Å². The van der Waals surface area contributed by atoms with E-state index in [0.717, 1.165) is 42.9 Å². The number of H-pyrrole nitrogens is 1. The largest absolute Gasteiger partial charge is 0.369 e. The van der Waals surface area contributed by atoms with Crippen molar-refractivity contribution in [1.82, 2.24) is 25.1 Å². The average Bonchev–Trinajstić information content (AvgIpc) is 3.17. The van der Waals surface area contributed by atoms with E-state index < -0.39 is 11.8 Å². The minimum atomic E-state index is -1.86. The zero-order valence-corrected chi connectivity index (χ0v) is 17.7. The molecule has 4 N–H and O–H groups in total. The predicted octanol–water partition coefficient (Wildman–Crippen LogP) is 1.99. The molecule has 3 aromatic rings. The zero-order chi connectivity index (χ0) is 22.7. The van der Waals surface area contributed by atoms with Gasteiger partial charge >= 0.3 is 5.69 Å². The van der Waals surface area contributed by atoms with Crippen molar-refractivity contribution in [3.8, 4) is 16.9 Å². The van der Waals surface area contributed by atoms with Gasteiger partial charge in [-0.15, -0.1) is 0 Å². The highest BCUT2D eigenvalue weighted by Crippen LogP contribution is 2.25. The molecule has 0 amide bonds. The summed E-state index contributed by atoms with van der Waals surface area (Å²) in [6.45, 7) is 5.40. The van der Waals surface area contributed by atoms with Crippen molar-refractivity contribution in [2.75, 3.05) is 37.6 Å². The number of pyridine rings is 1. The summed E-state index contributed by atoms with van der Waals surface area (Å²) in [6.07, 6.45) is -0.437. The van der Waals surface area contributed by atoms with Gasteiger partial charge in [-0.3, -0.25) is 0 Å². The lowest BCUT2D eigenvalue weighted by molar-refractivity contribution is 0.407. The van der Waals surface area contributed by atoms with Gasteiger partial charge in [0.15, 0.2) is 0 Å². The van der Waals surface area contributed by atoms with Crippen molar-refractivity contribution in [2.45, 2.75) is 13.3 Å². The number of nitrogens with one attached hydrogen (secondary N) is 2. The van der Waals surface area contributed by atoms with E-state index in [2.05, 4.69) is 37.5 Å². The average molecular weight is 441 g/mol. The Labute approximate surface area is 183 Å². The van der Waals surface area contributed by atoms with E-state index in [9.17, 15) is 13.6 Å². The number of hydrogen-bond acceptors (Lipinski definition) is 6. The molecular weight excluding hydrogens is 416 g/mol. The van der Waals surface area contributed by atoms with Crippen molar-refractivity contribution in [1.29, 1.82) is 0 Å². The fourth-order valence-corrected chi connectivity index (χ4v) is 3.82. The van der Waals surface area contributed by atoms with Crippen LogP contribution in [0.1, 0.15) is 11.4 Å². The maximum atomic E-state index is 13.0. The number of benzene rings is 1. The van der Waals surface area contributed by atoms with Crippen molar-refractivity contribution in [3.05, 3.63) is 70.1 Å². The van der Waals surface area contributed by atoms with Crippen LogP contribution in [0, 0.1) is 6.92 Å². The molecule has 0 atom stereocenters. The second-order valence-electron chi connectivity index (χ2n) is 7.67. The minimum Gasteiger partial charge on any atom is -0.369 e. The quantitative estimate of drug-likeness (QED) is 0.541. The van der Waals surface area contributed by atoms with Gasteiger partial charge in [0, 0.05) is 62.2 Å². The van der Waals surface area contributed by atoms with Crippen LogP contribution in [-0.4, -0.2) is 52.5 Å². The van der Waals surface area contributed by atoms with Gasteiger partial charge in [0.25, 0.3) is 6.08 Å². The number of aryl methyl sites for hydroxylation is 1. The third kappa shape index (κ3) is 4.46. The van der Waals surface area contributed by atoms with E-state index in [4.69, 9.17) is 5.73 Å². The highest BCUT2D eigenvalue weighted by Gasteiger charge is 2.18. The van der Waals surface area contributed by atoms with Gasteiger partial charge in [-0.1, -0.05) is 12.1 Å². The molecule has 0 saturated carbocycles. The molecule has 0 bridgehead atoms. The van der Waals surface area contributed by atoms with E-state index >= 15 is 0 Å². The summed E-state index contributed by atoms with van der Waals surface area (Å²) in [7, 11) is 0. The number of hydrogen-bond donors (Lipinski definition) is 3. The van der Waals surface area contributed by atoms with E-state index in [1.54, 1.807) is 6.20 Å². The molecule has 0 radical (unpaired) electrons. The van der Waals surface area contributed by atoms with Crippen LogP contribution < -0.4 is 21.6 Å². The third-order valence-electron chi connectivity index (χ3n) is 5.57. The van der Waals surface area contributed by atoms with Crippen molar-refractivity contribution in [2.24, 2.45) is 5.73 Å². The van der Waals surface area contributed by atoms with Gasteiger partial charge < -0.3 is 16.0 Å². The molecule has 168 valence electrons. The summed E-state index contributed by atoms with van der Waals surface area (Å²) >= 11 is 0. The molecule has 1 aliphatic rings. The molecule has 8 nitrogen and oxygen atoms in total. The fourth-order valence-electron chi connectivity index (χ4n) is 3.82. The molecule has 3 heterocycles. The molecule has 0 spiro atoms. The fraction of sp³-hybridized carbons (Fsp3) is 0.318. The molecule has 0 aliphatic carbocycles. The zero-order valence-electron chi connectivity index (χ0n) is 17.7. The first-order chi connectivity index (χ1) is 15.5. The Morgan fingerprint density at radius 3 is 2.50 bits per heavy atom. The third-order valence-corrected chi connectivity index (χ3v) is 5.57. The summed E-state index contributed by atoms with van der Waals surface area (Å²) in [6, 6.07) is 10.2. The van der Waals surface area contributed by atoms with Crippen molar-refractivity contribution >= 4 is 5.69 Å². The van der Waals surface area contributed by atoms with Gasteiger partial charge in [0.05, 0.1) is 0 Å². The Kier molecular flexibility index (Phi) is 6.42. The topological polar surface area (TPSA) is 105 Å². The van der Waals surface area contributed by atoms with E-state index in [-0.39, 0.29) is 24.4 Å². The van der Waals surface area contributed by atoms with Crippen molar-refractivity contribution in [3.63, 3.8) is 0 Å². The summed E-state index contributed by atoms with van der Waals surface area (Å²) in [5.74, 6) is 0.475. The summed E-state index contributed by atoms with van der Waals surface area (Å²) < 4.78 is 27.3. The van der Waals surface area contributed by atoms with Crippen LogP contribution in [-0.2, 0) is 6.42 Å². The van der Waals surface area contributed by atoms with E-state index in [1.807, 2.05) is 25.1 Å². The number of aromatic nitrogens is 4. The first-order valence-electron chi connectivity index (χ1n) is 10.4. The second kappa shape index (κ2) is 9.41. The molecule has 0 unspecified atom stereocenters. The Balaban J connectivity index is 1.61.